The van der Waals surface area contributed by atoms with Crippen LogP contribution in [0, 0.1) is 20.8 Å². The Bertz CT molecular complexity index is 886. The molecule has 1 fully saturated rings. The SMILES string of the molecule is Cc1ccc(Cn2nc(C)c(C(=O)OCC(=O)N3CCNC3=O)c2C)cc1. The van der Waals surface area contributed by atoms with Gasteiger partial charge in [-0.15, -0.1) is 0 Å². The number of carbonyl (C=O) groups is 3. The van der Waals surface area contributed by atoms with Gasteiger partial charge in [0.1, 0.15) is 5.56 Å². The highest BCUT2D eigenvalue weighted by Crippen LogP contribution is 2.16. The van der Waals surface area contributed by atoms with Crippen molar-refractivity contribution in [2.45, 2.75) is 27.3 Å². The first-order valence-corrected chi connectivity index (χ1v) is 8.71. The van der Waals surface area contributed by atoms with Crippen LogP contribution in [0.1, 0.15) is 32.9 Å². The molecule has 142 valence electrons. The molecule has 1 N–H and O–H groups in total. The number of urea groups is 1. The van der Waals surface area contributed by atoms with Crippen LogP contribution in [0.4, 0.5) is 4.79 Å². The standard InChI is InChI=1S/C19H22N4O4/c1-12-4-6-15(7-5-12)10-23-14(3)17(13(2)21-23)18(25)27-11-16(24)22-9-8-20-19(22)26/h4-7H,8-11H2,1-3H3,(H,20,26). The van der Waals surface area contributed by atoms with Crippen LogP contribution in [0.5, 0.6) is 0 Å². The van der Waals surface area contributed by atoms with Gasteiger partial charge >= 0.3 is 12.0 Å². The van der Waals surface area contributed by atoms with Crippen LogP contribution >= 0.6 is 0 Å². The Hall–Kier alpha value is -3.16. The normalized spacial score (nSPS) is 13.6. The summed E-state index contributed by atoms with van der Waals surface area (Å²) in [6.07, 6.45) is 0. The van der Waals surface area contributed by atoms with Gasteiger partial charge in [-0.3, -0.25) is 14.4 Å². The number of ether oxygens (including phenoxy) is 1. The molecule has 8 heteroatoms. The number of carbonyl (C=O) groups excluding carboxylic acids is 3. The number of hydrogen-bond donors (Lipinski definition) is 1. The molecule has 2 aromatic rings. The molecule has 3 rings (SSSR count). The smallest absolute Gasteiger partial charge is 0.342 e. The van der Waals surface area contributed by atoms with E-state index < -0.39 is 24.5 Å². The second kappa shape index (κ2) is 7.61. The fourth-order valence-corrected chi connectivity index (χ4v) is 3.00. The van der Waals surface area contributed by atoms with Gasteiger partial charge in [0.05, 0.1) is 17.9 Å². The van der Waals surface area contributed by atoms with Crippen molar-refractivity contribution in [1.82, 2.24) is 20.0 Å². The quantitative estimate of drug-likeness (QED) is 0.807. The van der Waals surface area contributed by atoms with Gasteiger partial charge in [0.25, 0.3) is 5.91 Å². The highest BCUT2D eigenvalue weighted by atomic mass is 16.5. The molecule has 1 aromatic heterocycles. The molecule has 1 aliphatic heterocycles. The molecule has 0 saturated carbocycles. The summed E-state index contributed by atoms with van der Waals surface area (Å²) in [5.41, 5.74) is 3.80. The molecule has 1 aliphatic rings. The zero-order valence-electron chi connectivity index (χ0n) is 15.6. The minimum atomic E-state index is -0.617. The highest BCUT2D eigenvalue weighted by Gasteiger charge is 2.28. The summed E-state index contributed by atoms with van der Waals surface area (Å²) < 4.78 is 6.87. The maximum atomic E-state index is 12.5. The zero-order chi connectivity index (χ0) is 19.6. The molecule has 0 unspecified atom stereocenters. The molecule has 1 aromatic carbocycles. The number of esters is 1. The second-order valence-electron chi connectivity index (χ2n) is 6.54. The number of rotatable bonds is 5. The van der Waals surface area contributed by atoms with Crippen molar-refractivity contribution in [2.24, 2.45) is 0 Å². The Balaban J connectivity index is 1.68. The van der Waals surface area contributed by atoms with E-state index in [-0.39, 0.29) is 6.54 Å². The zero-order valence-corrected chi connectivity index (χ0v) is 15.6. The third-order valence-electron chi connectivity index (χ3n) is 4.52. The van der Waals surface area contributed by atoms with E-state index in [9.17, 15) is 14.4 Å². The van der Waals surface area contributed by atoms with Crippen molar-refractivity contribution < 1.29 is 19.1 Å². The summed E-state index contributed by atoms with van der Waals surface area (Å²) in [5.74, 6) is -1.16. The lowest BCUT2D eigenvalue weighted by Gasteiger charge is -2.12. The van der Waals surface area contributed by atoms with Gasteiger partial charge < -0.3 is 10.1 Å². The Morgan fingerprint density at radius 2 is 1.89 bits per heavy atom. The summed E-state index contributed by atoms with van der Waals surface area (Å²) >= 11 is 0. The Morgan fingerprint density at radius 1 is 1.19 bits per heavy atom. The van der Waals surface area contributed by atoms with Crippen molar-refractivity contribution in [2.75, 3.05) is 19.7 Å². The van der Waals surface area contributed by atoms with Crippen molar-refractivity contribution in [1.29, 1.82) is 0 Å². The maximum Gasteiger partial charge on any atom is 0.342 e. The topological polar surface area (TPSA) is 93.5 Å². The van der Waals surface area contributed by atoms with Crippen molar-refractivity contribution >= 4 is 17.9 Å². The fourth-order valence-electron chi connectivity index (χ4n) is 3.00. The molecule has 0 radical (unpaired) electrons. The fraction of sp³-hybridized carbons (Fsp3) is 0.368. The van der Waals surface area contributed by atoms with E-state index in [2.05, 4.69) is 10.4 Å². The van der Waals surface area contributed by atoms with Crippen LogP contribution in [0.3, 0.4) is 0 Å². The molecule has 0 spiro atoms. The molecule has 1 saturated heterocycles. The van der Waals surface area contributed by atoms with E-state index >= 15 is 0 Å². The van der Waals surface area contributed by atoms with Crippen LogP contribution in [0.15, 0.2) is 24.3 Å². The Kier molecular flexibility index (Phi) is 5.25. The van der Waals surface area contributed by atoms with E-state index in [0.29, 0.717) is 30.0 Å². The first-order valence-electron chi connectivity index (χ1n) is 8.71. The van der Waals surface area contributed by atoms with E-state index in [1.54, 1.807) is 18.5 Å². The number of hydrogen-bond acceptors (Lipinski definition) is 5. The number of imide groups is 1. The predicted octanol–water partition coefficient (Wildman–Crippen LogP) is 1.57. The van der Waals surface area contributed by atoms with Gasteiger partial charge in [0.2, 0.25) is 0 Å². The van der Waals surface area contributed by atoms with Gasteiger partial charge in [-0.1, -0.05) is 29.8 Å². The van der Waals surface area contributed by atoms with Crippen LogP contribution < -0.4 is 5.32 Å². The summed E-state index contributed by atoms with van der Waals surface area (Å²) in [5, 5.41) is 6.95. The maximum absolute atomic E-state index is 12.5. The summed E-state index contributed by atoms with van der Waals surface area (Å²) in [4.78, 5) is 37.0. The third kappa shape index (κ3) is 3.99. The lowest BCUT2D eigenvalue weighted by atomic mass is 10.1. The highest BCUT2D eigenvalue weighted by molar-refractivity contribution is 5.98. The number of aryl methyl sites for hydroxylation is 2. The van der Waals surface area contributed by atoms with Crippen molar-refractivity contribution in [3.05, 3.63) is 52.3 Å². The molecule has 0 bridgehead atoms. The minimum Gasteiger partial charge on any atom is -0.452 e. The van der Waals surface area contributed by atoms with Crippen molar-refractivity contribution in [3.63, 3.8) is 0 Å². The van der Waals surface area contributed by atoms with Crippen LogP contribution in [0.25, 0.3) is 0 Å². The van der Waals surface area contributed by atoms with Gasteiger partial charge in [0.15, 0.2) is 6.61 Å². The molecule has 27 heavy (non-hydrogen) atoms. The van der Waals surface area contributed by atoms with Crippen molar-refractivity contribution in [3.8, 4) is 0 Å². The van der Waals surface area contributed by atoms with E-state index in [0.717, 1.165) is 10.5 Å². The molecule has 8 nitrogen and oxygen atoms in total. The van der Waals surface area contributed by atoms with E-state index in [1.807, 2.05) is 31.2 Å². The second-order valence-corrected chi connectivity index (χ2v) is 6.54. The number of aromatic nitrogens is 2. The average molecular weight is 370 g/mol. The number of nitrogens with zero attached hydrogens (tertiary/aromatic N) is 3. The van der Waals surface area contributed by atoms with Gasteiger partial charge in [0, 0.05) is 13.1 Å². The molecule has 2 heterocycles. The number of amides is 3. The number of benzene rings is 1. The first-order chi connectivity index (χ1) is 12.9. The van der Waals surface area contributed by atoms with Crippen LogP contribution in [-0.2, 0) is 16.1 Å². The minimum absolute atomic E-state index is 0.280. The summed E-state index contributed by atoms with van der Waals surface area (Å²) in [6, 6.07) is 7.62. The van der Waals surface area contributed by atoms with E-state index in [4.69, 9.17) is 4.74 Å². The molecular formula is C19H22N4O4. The largest absolute Gasteiger partial charge is 0.452 e. The van der Waals surface area contributed by atoms with Crippen LogP contribution in [0.2, 0.25) is 0 Å². The lowest BCUT2D eigenvalue weighted by Crippen LogP contribution is -2.37. The molecule has 0 aliphatic carbocycles. The average Bonchev–Trinajstić information content (AvgIpc) is 3.18. The molecular weight excluding hydrogens is 348 g/mol. The predicted molar refractivity (Wildman–Crippen MR) is 97.4 cm³/mol. The first kappa shape index (κ1) is 18.6. The lowest BCUT2D eigenvalue weighted by molar-refractivity contribution is -0.130. The monoisotopic (exact) mass is 370 g/mol. The van der Waals surface area contributed by atoms with Gasteiger partial charge in [-0.2, -0.15) is 5.10 Å². The molecule has 0 atom stereocenters. The third-order valence-corrected chi connectivity index (χ3v) is 4.52. The Morgan fingerprint density at radius 3 is 2.52 bits per heavy atom. The van der Waals surface area contributed by atoms with Gasteiger partial charge in [-0.25, -0.2) is 9.59 Å². The molecule has 3 amide bonds. The van der Waals surface area contributed by atoms with Gasteiger partial charge in [-0.05, 0) is 26.3 Å². The Labute approximate surface area is 157 Å². The van der Waals surface area contributed by atoms with Crippen LogP contribution in [-0.4, -0.2) is 52.3 Å². The summed E-state index contributed by atoms with van der Waals surface area (Å²) in [6.45, 7) is 6.28. The van der Waals surface area contributed by atoms with E-state index in [1.165, 1.54) is 5.56 Å². The summed E-state index contributed by atoms with van der Waals surface area (Å²) in [7, 11) is 0. The number of nitrogens with one attached hydrogen (secondary N) is 1.